The number of carbonyl (C=O) groups excluding carboxylic acids is 1. The summed E-state index contributed by atoms with van der Waals surface area (Å²) in [6.45, 7) is 0.322. The van der Waals surface area contributed by atoms with Crippen LogP contribution in [-0.4, -0.2) is 27.8 Å². The molecule has 16 heavy (non-hydrogen) atoms. The van der Waals surface area contributed by atoms with Crippen molar-refractivity contribution in [1.29, 1.82) is 0 Å². The Hall–Kier alpha value is -1.52. The minimum absolute atomic E-state index is 0.0589. The normalized spacial score (nSPS) is 19.5. The van der Waals surface area contributed by atoms with E-state index in [0.29, 0.717) is 18.6 Å². The molecule has 5 nitrogen and oxygen atoms in total. The van der Waals surface area contributed by atoms with E-state index in [9.17, 15) is 4.79 Å². The molecule has 0 aliphatic heterocycles. The molecule has 2 aliphatic rings. The second kappa shape index (κ2) is 3.81. The van der Waals surface area contributed by atoms with Crippen molar-refractivity contribution in [3.63, 3.8) is 0 Å². The van der Waals surface area contributed by atoms with Crippen molar-refractivity contribution in [2.45, 2.75) is 44.3 Å². The van der Waals surface area contributed by atoms with Gasteiger partial charge in [0.05, 0.1) is 11.9 Å². The molecule has 2 saturated carbocycles. The number of amides is 1. The van der Waals surface area contributed by atoms with Crippen molar-refractivity contribution in [3.8, 4) is 0 Å². The summed E-state index contributed by atoms with van der Waals surface area (Å²) in [6.07, 6.45) is 8.41. The SMILES string of the molecule is O=C(Cn1cc(NC2CC2)cn1)NC1CC1. The summed E-state index contributed by atoms with van der Waals surface area (Å²) in [5, 5.41) is 10.5. The molecule has 0 bridgehead atoms. The first-order chi connectivity index (χ1) is 7.79. The molecule has 86 valence electrons. The summed E-state index contributed by atoms with van der Waals surface area (Å²) >= 11 is 0. The largest absolute Gasteiger partial charge is 0.380 e. The molecular formula is C11H16N4O. The van der Waals surface area contributed by atoms with Crippen LogP contribution in [0.3, 0.4) is 0 Å². The third-order valence-electron chi connectivity index (χ3n) is 2.83. The topological polar surface area (TPSA) is 59.0 Å². The Morgan fingerprint density at radius 2 is 2.12 bits per heavy atom. The van der Waals surface area contributed by atoms with Gasteiger partial charge in [-0.25, -0.2) is 0 Å². The highest BCUT2D eigenvalue weighted by Gasteiger charge is 2.23. The van der Waals surface area contributed by atoms with Gasteiger partial charge in [0, 0.05) is 18.3 Å². The first-order valence-electron chi connectivity index (χ1n) is 5.88. The van der Waals surface area contributed by atoms with E-state index in [1.54, 1.807) is 10.9 Å². The van der Waals surface area contributed by atoms with Crippen LogP contribution in [0.1, 0.15) is 25.7 Å². The summed E-state index contributed by atoms with van der Waals surface area (Å²) in [5.41, 5.74) is 1.02. The van der Waals surface area contributed by atoms with Gasteiger partial charge in [-0.3, -0.25) is 9.48 Å². The summed E-state index contributed by atoms with van der Waals surface area (Å²) in [4.78, 5) is 11.5. The van der Waals surface area contributed by atoms with Crippen molar-refractivity contribution >= 4 is 11.6 Å². The highest BCUT2D eigenvalue weighted by molar-refractivity contribution is 5.76. The van der Waals surface area contributed by atoms with Crippen molar-refractivity contribution in [3.05, 3.63) is 12.4 Å². The molecule has 5 heteroatoms. The quantitative estimate of drug-likeness (QED) is 0.769. The van der Waals surface area contributed by atoms with Crippen molar-refractivity contribution < 1.29 is 4.79 Å². The zero-order valence-electron chi connectivity index (χ0n) is 9.15. The zero-order valence-corrected chi connectivity index (χ0v) is 9.15. The highest BCUT2D eigenvalue weighted by Crippen LogP contribution is 2.24. The van der Waals surface area contributed by atoms with E-state index in [1.165, 1.54) is 12.8 Å². The molecule has 1 heterocycles. The summed E-state index contributed by atoms with van der Waals surface area (Å²) in [6, 6.07) is 1.05. The Kier molecular flexibility index (Phi) is 2.31. The van der Waals surface area contributed by atoms with Gasteiger partial charge in [0.1, 0.15) is 6.54 Å². The molecule has 3 rings (SSSR count). The third-order valence-corrected chi connectivity index (χ3v) is 2.83. The van der Waals surface area contributed by atoms with Crippen molar-refractivity contribution in [2.75, 3.05) is 5.32 Å². The number of nitrogens with zero attached hydrogens (tertiary/aromatic N) is 2. The number of hydrogen-bond donors (Lipinski definition) is 2. The van der Waals surface area contributed by atoms with Gasteiger partial charge >= 0.3 is 0 Å². The second-order valence-corrected chi connectivity index (χ2v) is 4.69. The van der Waals surface area contributed by atoms with Crippen molar-refractivity contribution in [1.82, 2.24) is 15.1 Å². The monoisotopic (exact) mass is 220 g/mol. The number of aromatic nitrogens is 2. The summed E-state index contributed by atoms with van der Waals surface area (Å²) in [7, 11) is 0. The molecule has 0 aromatic carbocycles. The Balaban J connectivity index is 1.52. The molecule has 1 amide bonds. The summed E-state index contributed by atoms with van der Waals surface area (Å²) in [5.74, 6) is 0.0589. The second-order valence-electron chi connectivity index (χ2n) is 4.69. The van der Waals surface area contributed by atoms with Crippen LogP contribution >= 0.6 is 0 Å². The minimum atomic E-state index is 0.0589. The first-order valence-corrected chi connectivity index (χ1v) is 5.88. The maximum atomic E-state index is 11.5. The van der Waals surface area contributed by atoms with Crippen LogP contribution in [0.5, 0.6) is 0 Å². The zero-order chi connectivity index (χ0) is 11.0. The van der Waals surface area contributed by atoms with E-state index in [-0.39, 0.29) is 5.91 Å². The predicted octanol–water partition coefficient (Wildman–Crippen LogP) is 0.736. The van der Waals surface area contributed by atoms with Gasteiger partial charge in [-0.15, -0.1) is 0 Å². The standard InChI is InChI=1S/C11H16N4O/c16-11(14-9-3-4-9)7-15-6-10(5-12-15)13-8-1-2-8/h5-6,8-9,13H,1-4,7H2,(H,14,16). The van der Waals surface area contributed by atoms with E-state index in [1.807, 2.05) is 6.20 Å². The van der Waals surface area contributed by atoms with Gasteiger partial charge in [-0.1, -0.05) is 0 Å². The Bertz CT molecular complexity index is 392. The van der Waals surface area contributed by atoms with Crippen molar-refractivity contribution in [2.24, 2.45) is 0 Å². The summed E-state index contributed by atoms with van der Waals surface area (Å²) < 4.78 is 1.68. The van der Waals surface area contributed by atoms with E-state index < -0.39 is 0 Å². The van der Waals surface area contributed by atoms with Gasteiger partial charge < -0.3 is 10.6 Å². The van der Waals surface area contributed by atoms with Crippen LogP contribution in [0.15, 0.2) is 12.4 Å². The lowest BCUT2D eigenvalue weighted by molar-refractivity contribution is -0.122. The van der Waals surface area contributed by atoms with E-state index >= 15 is 0 Å². The van der Waals surface area contributed by atoms with E-state index in [2.05, 4.69) is 15.7 Å². The number of rotatable bonds is 5. The molecule has 0 saturated heterocycles. The molecule has 2 fully saturated rings. The van der Waals surface area contributed by atoms with Gasteiger partial charge in [-0.05, 0) is 25.7 Å². The van der Waals surface area contributed by atoms with E-state index in [4.69, 9.17) is 0 Å². The maximum Gasteiger partial charge on any atom is 0.241 e. The van der Waals surface area contributed by atoms with Gasteiger partial charge in [0.15, 0.2) is 0 Å². The fraction of sp³-hybridized carbons (Fsp3) is 0.636. The average Bonchev–Trinajstić information content (AvgIpc) is 3.11. The highest BCUT2D eigenvalue weighted by atomic mass is 16.2. The minimum Gasteiger partial charge on any atom is -0.380 e. The predicted molar refractivity (Wildman–Crippen MR) is 60.0 cm³/mol. The maximum absolute atomic E-state index is 11.5. The van der Waals surface area contributed by atoms with Gasteiger partial charge in [0.25, 0.3) is 0 Å². The van der Waals surface area contributed by atoms with Gasteiger partial charge in [-0.2, -0.15) is 5.10 Å². The van der Waals surface area contributed by atoms with Crippen LogP contribution in [-0.2, 0) is 11.3 Å². The molecule has 1 aromatic rings. The van der Waals surface area contributed by atoms with Crippen LogP contribution < -0.4 is 10.6 Å². The molecule has 2 N–H and O–H groups in total. The third kappa shape index (κ3) is 2.53. The smallest absolute Gasteiger partial charge is 0.241 e. The van der Waals surface area contributed by atoms with Crippen LogP contribution in [0.2, 0.25) is 0 Å². The molecule has 0 unspecified atom stereocenters. The first kappa shape index (κ1) is 9.69. The van der Waals surface area contributed by atoms with Crippen LogP contribution in [0.25, 0.3) is 0 Å². The average molecular weight is 220 g/mol. The molecule has 1 aromatic heterocycles. The number of anilines is 1. The molecule has 2 aliphatic carbocycles. The molecule has 0 radical (unpaired) electrons. The molecular weight excluding hydrogens is 204 g/mol. The fourth-order valence-electron chi connectivity index (χ4n) is 1.64. The Morgan fingerprint density at radius 3 is 2.81 bits per heavy atom. The lowest BCUT2D eigenvalue weighted by Crippen LogP contribution is -2.29. The van der Waals surface area contributed by atoms with Gasteiger partial charge in [0.2, 0.25) is 5.91 Å². The lowest BCUT2D eigenvalue weighted by Gasteiger charge is -2.02. The Labute approximate surface area is 94.2 Å². The van der Waals surface area contributed by atoms with E-state index in [0.717, 1.165) is 18.5 Å². The number of nitrogens with one attached hydrogen (secondary N) is 2. The Morgan fingerprint density at radius 1 is 1.38 bits per heavy atom. The van der Waals surface area contributed by atoms with Crippen LogP contribution in [0, 0.1) is 0 Å². The molecule has 0 atom stereocenters. The number of carbonyl (C=O) groups is 1. The lowest BCUT2D eigenvalue weighted by atomic mass is 10.5. The number of hydrogen-bond acceptors (Lipinski definition) is 3. The van der Waals surface area contributed by atoms with Crippen LogP contribution in [0.4, 0.5) is 5.69 Å². The molecule has 0 spiro atoms. The fourth-order valence-corrected chi connectivity index (χ4v) is 1.64.